The Bertz CT molecular complexity index is 719. The van der Waals surface area contributed by atoms with Gasteiger partial charge in [0.25, 0.3) is 0 Å². The Morgan fingerprint density at radius 2 is 1.71 bits per heavy atom. The molecular weight excluding hydrogens is 417 g/mol. The molecule has 0 aliphatic heterocycles. The number of benzene rings is 1. The molecule has 0 spiro atoms. The van der Waals surface area contributed by atoms with Gasteiger partial charge in [0.05, 0.1) is 11.7 Å². The Hall–Kier alpha value is -2.33. The number of hydrogen-bond donors (Lipinski definition) is 1. The number of likely N-dealkylation sites (N-methyl/N-ethyl adjacent to an activating group) is 1. The highest BCUT2D eigenvalue weighted by Gasteiger charge is 2.31. The number of rotatable bonds is 8. The summed E-state index contributed by atoms with van der Waals surface area (Å²) in [5.74, 6) is -0.0986. The van der Waals surface area contributed by atoms with Crippen LogP contribution in [0.4, 0.5) is 18.0 Å². The monoisotopic (exact) mass is 446 g/mol. The first-order chi connectivity index (χ1) is 14.6. The molecule has 0 saturated heterocycles. The zero-order valence-corrected chi connectivity index (χ0v) is 17.7. The average Bonchev–Trinajstić information content (AvgIpc) is 2.75. The lowest BCUT2D eigenvalue weighted by molar-refractivity contribution is -0.138. The number of aliphatic hydroxyl groups excluding tert-OH is 1. The first kappa shape index (κ1) is 24.9. The van der Waals surface area contributed by atoms with Crippen LogP contribution in [-0.2, 0) is 15.7 Å². The molecule has 0 atom stereocenters. The number of alkyl halides is 3. The summed E-state index contributed by atoms with van der Waals surface area (Å²) in [5, 5.41) is 8.82. The molecule has 174 valence electrons. The third-order valence-electron chi connectivity index (χ3n) is 5.39. The van der Waals surface area contributed by atoms with Crippen molar-refractivity contribution in [2.24, 2.45) is 0 Å². The van der Waals surface area contributed by atoms with Crippen LogP contribution < -0.4 is 4.74 Å². The molecule has 1 N–H and O–H groups in total. The Kier molecular flexibility index (Phi) is 9.12. The molecule has 1 fully saturated rings. The molecule has 1 aliphatic rings. The van der Waals surface area contributed by atoms with Gasteiger partial charge < -0.3 is 24.4 Å². The van der Waals surface area contributed by atoms with E-state index in [4.69, 9.17) is 14.6 Å². The highest BCUT2D eigenvalue weighted by molar-refractivity contribution is 5.77. The molecule has 7 nitrogen and oxygen atoms in total. The van der Waals surface area contributed by atoms with Crippen LogP contribution in [0.3, 0.4) is 0 Å². The van der Waals surface area contributed by atoms with Gasteiger partial charge in [-0.15, -0.1) is 0 Å². The Balaban J connectivity index is 1.75. The van der Waals surface area contributed by atoms with E-state index in [2.05, 4.69) is 0 Å². The predicted molar refractivity (Wildman–Crippen MR) is 107 cm³/mol. The fourth-order valence-corrected chi connectivity index (χ4v) is 3.36. The highest BCUT2D eigenvalue weighted by atomic mass is 19.4. The van der Waals surface area contributed by atoms with E-state index in [0.717, 1.165) is 24.3 Å². The fraction of sp³-hybridized carbons (Fsp3) is 0.619. The van der Waals surface area contributed by atoms with Gasteiger partial charge in [-0.1, -0.05) is 0 Å². The van der Waals surface area contributed by atoms with E-state index in [1.54, 1.807) is 14.1 Å². The SMILES string of the molecule is CN(CCCO)C(=O)COC1CCC(N(C)C(=O)Oc2ccc(C(F)(F)F)cc2)CC1. The van der Waals surface area contributed by atoms with Gasteiger partial charge in [0, 0.05) is 33.3 Å². The Morgan fingerprint density at radius 3 is 2.26 bits per heavy atom. The first-order valence-electron chi connectivity index (χ1n) is 10.2. The van der Waals surface area contributed by atoms with Crippen molar-refractivity contribution in [3.8, 4) is 5.75 Å². The summed E-state index contributed by atoms with van der Waals surface area (Å²) in [7, 11) is 3.26. The topological polar surface area (TPSA) is 79.3 Å². The predicted octanol–water partition coefficient (Wildman–Crippen LogP) is 3.30. The summed E-state index contributed by atoms with van der Waals surface area (Å²) >= 11 is 0. The largest absolute Gasteiger partial charge is 0.416 e. The molecule has 0 bridgehead atoms. The van der Waals surface area contributed by atoms with Gasteiger partial charge in [-0.05, 0) is 56.4 Å². The summed E-state index contributed by atoms with van der Waals surface area (Å²) in [6, 6.07) is 3.90. The van der Waals surface area contributed by atoms with Crippen LogP contribution in [-0.4, -0.2) is 72.9 Å². The van der Waals surface area contributed by atoms with E-state index in [9.17, 15) is 22.8 Å². The summed E-state index contributed by atoms with van der Waals surface area (Å²) in [4.78, 5) is 27.3. The van der Waals surface area contributed by atoms with Crippen LogP contribution >= 0.6 is 0 Å². The Labute approximate surface area is 179 Å². The smallest absolute Gasteiger partial charge is 0.410 e. The molecule has 1 aromatic rings. The van der Waals surface area contributed by atoms with E-state index in [0.29, 0.717) is 38.6 Å². The van der Waals surface area contributed by atoms with Crippen molar-refractivity contribution in [1.29, 1.82) is 0 Å². The molecular formula is C21H29F3N2O5. The van der Waals surface area contributed by atoms with Gasteiger partial charge in [0.1, 0.15) is 12.4 Å². The maximum Gasteiger partial charge on any atom is 0.416 e. The average molecular weight is 446 g/mol. The van der Waals surface area contributed by atoms with E-state index < -0.39 is 17.8 Å². The van der Waals surface area contributed by atoms with E-state index in [-0.39, 0.29) is 37.0 Å². The quantitative estimate of drug-likeness (QED) is 0.663. The summed E-state index contributed by atoms with van der Waals surface area (Å²) in [5.41, 5.74) is -0.808. The van der Waals surface area contributed by atoms with Crippen molar-refractivity contribution in [2.75, 3.05) is 33.9 Å². The van der Waals surface area contributed by atoms with Crippen molar-refractivity contribution in [1.82, 2.24) is 9.80 Å². The first-order valence-corrected chi connectivity index (χ1v) is 10.2. The molecule has 0 unspecified atom stereocenters. The fourth-order valence-electron chi connectivity index (χ4n) is 3.36. The number of ether oxygens (including phenoxy) is 2. The van der Waals surface area contributed by atoms with Gasteiger partial charge in [0.15, 0.2) is 0 Å². The van der Waals surface area contributed by atoms with Crippen LogP contribution in [0.15, 0.2) is 24.3 Å². The van der Waals surface area contributed by atoms with Crippen molar-refractivity contribution >= 4 is 12.0 Å². The number of halogens is 3. The number of carbonyl (C=O) groups is 2. The van der Waals surface area contributed by atoms with Crippen LogP contribution in [0, 0.1) is 0 Å². The van der Waals surface area contributed by atoms with Crippen molar-refractivity contribution in [3.63, 3.8) is 0 Å². The summed E-state index contributed by atoms with van der Waals surface area (Å²) < 4.78 is 48.7. The Morgan fingerprint density at radius 1 is 1.10 bits per heavy atom. The molecule has 10 heteroatoms. The molecule has 0 aromatic heterocycles. The number of carbonyl (C=O) groups excluding carboxylic acids is 2. The molecule has 0 radical (unpaired) electrons. The van der Waals surface area contributed by atoms with Crippen LogP contribution in [0.25, 0.3) is 0 Å². The van der Waals surface area contributed by atoms with Gasteiger partial charge in [-0.3, -0.25) is 4.79 Å². The highest BCUT2D eigenvalue weighted by Crippen LogP contribution is 2.30. The molecule has 2 rings (SSSR count). The lowest BCUT2D eigenvalue weighted by Crippen LogP contribution is -2.42. The maximum absolute atomic E-state index is 12.6. The van der Waals surface area contributed by atoms with Gasteiger partial charge >= 0.3 is 12.3 Å². The van der Waals surface area contributed by atoms with Gasteiger partial charge in [0.2, 0.25) is 5.91 Å². The van der Waals surface area contributed by atoms with Crippen molar-refractivity contribution in [3.05, 3.63) is 29.8 Å². The van der Waals surface area contributed by atoms with Crippen LogP contribution in [0.5, 0.6) is 5.75 Å². The van der Waals surface area contributed by atoms with E-state index >= 15 is 0 Å². The van der Waals surface area contributed by atoms with Crippen molar-refractivity contribution in [2.45, 2.75) is 50.4 Å². The van der Waals surface area contributed by atoms with Crippen LogP contribution in [0.2, 0.25) is 0 Å². The zero-order valence-electron chi connectivity index (χ0n) is 17.7. The minimum atomic E-state index is -4.44. The lowest BCUT2D eigenvalue weighted by Gasteiger charge is -2.34. The third-order valence-corrected chi connectivity index (χ3v) is 5.39. The number of nitrogens with zero attached hydrogens (tertiary/aromatic N) is 2. The second-order valence-corrected chi connectivity index (χ2v) is 7.64. The van der Waals surface area contributed by atoms with Crippen molar-refractivity contribution < 1.29 is 37.3 Å². The minimum absolute atomic E-state index is 0.0247. The summed E-state index contributed by atoms with van der Waals surface area (Å²) in [6.45, 7) is 0.470. The summed E-state index contributed by atoms with van der Waals surface area (Å²) in [6.07, 6.45) is -1.96. The molecule has 1 saturated carbocycles. The molecule has 0 heterocycles. The third kappa shape index (κ3) is 7.70. The van der Waals surface area contributed by atoms with Gasteiger partial charge in [-0.2, -0.15) is 13.2 Å². The zero-order chi connectivity index (χ0) is 23.0. The minimum Gasteiger partial charge on any atom is -0.410 e. The van der Waals surface area contributed by atoms with E-state index in [1.165, 1.54) is 9.80 Å². The molecule has 1 aromatic carbocycles. The molecule has 2 amide bonds. The number of aliphatic hydroxyl groups is 1. The maximum atomic E-state index is 12.6. The second kappa shape index (κ2) is 11.3. The standard InChI is InChI=1S/C21H29F3N2O5/c1-25(12-3-13-27)19(28)14-30-17-10-6-16(7-11-17)26(2)20(29)31-18-8-4-15(5-9-18)21(22,23)24/h4-5,8-9,16-17,27H,3,6-7,10-14H2,1-2H3. The number of amides is 2. The molecule has 31 heavy (non-hydrogen) atoms. The molecule has 1 aliphatic carbocycles. The number of hydrogen-bond acceptors (Lipinski definition) is 5. The normalized spacial score (nSPS) is 19.0. The van der Waals surface area contributed by atoms with E-state index in [1.807, 2.05) is 0 Å². The van der Waals surface area contributed by atoms with Crippen LogP contribution in [0.1, 0.15) is 37.7 Å². The van der Waals surface area contributed by atoms with Gasteiger partial charge in [-0.25, -0.2) is 4.79 Å². The second-order valence-electron chi connectivity index (χ2n) is 7.64. The lowest BCUT2D eigenvalue weighted by atomic mass is 9.92.